The molecule has 0 bridgehead atoms. The van der Waals surface area contributed by atoms with Gasteiger partial charge in [-0.05, 0) is 38.1 Å². The van der Waals surface area contributed by atoms with Crippen molar-refractivity contribution < 1.29 is 19.4 Å². The summed E-state index contributed by atoms with van der Waals surface area (Å²) in [6.07, 6.45) is 0. The Hall–Kier alpha value is -2.41. The molecule has 0 saturated carbocycles. The minimum absolute atomic E-state index is 0.210. The first-order chi connectivity index (χ1) is 10.5. The molecule has 0 aliphatic rings. The molecule has 0 aliphatic heterocycles. The molecule has 0 spiro atoms. The van der Waals surface area contributed by atoms with Gasteiger partial charge >= 0.3 is 5.97 Å². The summed E-state index contributed by atoms with van der Waals surface area (Å²) in [5.74, 6) is -0.810. The minimum Gasteiger partial charge on any atom is -0.494 e. The number of hydrogen-bond donors (Lipinski definition) is 2. The third kappa shape index (κ3) is 3.82. The van der Waals surface area contributed by atoms with Gasteiger partial charge in [-0.3, -0.25) is 9.59 Å². The van der Waals surface area contributed by atoms with Crippen molar-refractivity contribution in [3.8, 4) is 16.3 Å². The Kier molecular flexibility index (Phi) is 5.11. The van der Waals surface area contributed by atoms with E-state index in [0.717, 1.165) is 11.3 Å². The lowest BCUT2D eigenvalue weighted by molar-refractivity contribution is -0.138. The molecule has 6 nitrogen and oxygen atoms in total. The molecule has 0 fully saturated rings. The molecule has 7 heteroatoms. The number of carbonyl (C=O) groups excluding carboxylic acids is 1. The number of carboxylic acids is 1. The van der Waals surface area contributed by atoms with Crippen LogP contribution in [0.3, 0.4) is 0 Å². The predicted octanol–water partition coefficient (Wildman–Crippen LogP) is 2.41. The van der Waals surface area contributed by atoms with Gasteiger partial charge in [-0.1, -0.05) is 0 Å². The van der Waals surface area contributed by atoms with E-state index in [2.05, 4.69) is 10.3 Å². The van der Waals surface area contributed by atoms with Crippen molar-refractivity contribution in [2.75, 3.05) is 6.61 Å². The van der Waals surface area contributed by atoms with E-state index in [4.69, 9.17) is 9.84 Å². The van der Waals surface area contributed by atoms with Gasteiger partial charge in [0, 0.05) is 10.9 Å². The summed E-state index contributed by atoms with van der Waals surface area (Å²) in [7, 11) is 0. The lowest BCUT2D eigenvalue weighted by atomic mass is 10.2. The second kappa shape index (κ2) is 7.04. The van der Waals surface area contributed by atoms with Crippen molar-refractivity contribution in [2.24, 2.45) is 0 Å². The summed E-state index contributed by atoms with van der Waals surface area (Å²) in [4.78, 5) is 26.9. The quantitative estimate of drug-likeness (QED) is 0.853. The molecular weight excluding hydrogens is 304 g/mol. The van der Waals surface area contributed by atoms with Crippen molar-refractivity contribution in [3.63, 3.8) is 0 Å². The maximum atomic E-state index is 11.9. The third-order valence-corrected chi connectivity index (χ3v) is 3.76. The fourth-order valence-corrected chi connectivity index (χ4v) is 2.51. The number of carboxylic acid groups (broad SMARTS) is 1. The lowest BCUT2D eigenvalue weighted by Crippen LogP contribution is -2.38. The fourth-order valence-electron chi connectivity index (χ4n) is 1.70. The van der Waals surface area contributed by atoms with E-state index in [1.165, 1.54) is 18.3 Å². The highest BCUT2D eigenvalue weighted by atomic mass is 32.1. The number of ether oxygens (including phenoxy) is 1. The van der Waals surface area contributed by atoms with Crippen molar-refractivity contribution in [3.05, 3.63) is 35.3 Å². The average molecular weight is 320 g/mol. The number of nitrogens with one attached hydrogen (secondary N) is 1. The summed E-state index contributed by atoms with van der Waals surface area (Å²) >= 11 is 1.33. The van der Waals surface area contributed by atoms with Gasteiger partial charge in [-0.15, -0.1) is 11.3 Å². The van der Waals surface area contributed by atoms with Gasteiger partial charge in [0.1, 0.15) is 22.5 Å². The number of nitrogens with zero attached hydrogens (tertiary/aromatic N) is 1. The van der Waals surface area contributed by atoms with Crippen LogP contribution in [-0.4, -0.2) is 34.6 Å². The number of thiazole rings is 1. The second-order valence-corrected chi connectivity index (χ2v) is 5.39. The van der Waals surface area contributed by atoms with Crippen LogP contribution in [0.2, 0.25) is 0 Å². The van der Waals surface area contributed by atoms with E-state index < -0.39 is 17.9 Å². The van der Waals surface area contributed by atoms with Crippen molar-refractivity contribution >= 4 is 23.2 Å². The van der Waals surface area contributed by atoms with Gasteiger partial charge in [0.05, 0.1) is 6.61 Å². The topological polar surface area (TPSA) is 88.5 Å². The van der Waals surface area contributed by atoms with Crippen LogP contribution in [0.5, 0.6) is 5.75 Å². The lowest BCUT2D eigenvalue weighted by Gasteiger charge is -2.06. The summed E-state index contributed by atoms with van der Waals surface area (Å²) in [6, 6.07) is 6.46. The molecule has 22 heavy (non-hydrogen) atoms. The Morgan fingerprint density at radius 1 is 1.36 bits per heavy atom. The second-order valence-electron chi connectivity index (χ2n) is 4.53. The first-order valence-electron chi connectivity index (χ1n) is 6.73. The summed E-state index contributed by atoms with van der Waals surface area (Å²) in [5.41, 5.74) is 1.08. The van der Waals surface area contributed by atoms with Crippen molar-refractivity contribution in [2.45, 2.75) is 19.9 Å². The van der Waals surface area contributed by atoms with Gasteiger partial charge in [0.15, 0.2) is 0 Å². The first-order valence-corrected chi connectivity index (χ1v) is 7.61. The van der Waals surface area contributed by atoms with E-state index in [1.807, 2.05) is 31.2 Å². The van der Waals surface area contributed by atoms with E-state index in [1.54, 1.807) is 5.38 Å². The Balaban J connectivity index is 2.10. The van der Waals surface area contributed by atoms with Crippen LogP contribution < -0.4 is 10.1 Å². The molecule has 1 unspecified atom stereocenters. The highest BCUT2D eigenvalue weighted by Crippen LogP contribution is 2.25. The SMILES string of the molecule is CCOc1ccc(-c2nc(C(=O)NC(C)C(=O)O)cs2)cc1. The van der Waals surface area contributed by atoms with Crippen LogP contribution in [0.4, 0.5) is 0 Å². The van der Waals surface area contributed by atoms with Crippen molar-refractivity contribution in [1.82, 2.24) is 10.3 Å². The minimum atomic E-state index is -1.09. The van der Waals surface area contributed by atoms with E-state index in [0.29, 0.717) is 11.6 Å². The standard InChI is InChI=1S/C15H16N2O4S/c1-3-21-11-6-4-10(5-7-11)14-17-12(8-22-14)13(18)16-9(2)15(19)20/h4-9H,3H2,1-2H3,(H,16,18)(H,19,20). The van der Waals surface area contributed by atoms with Crippen LogP contribution >= 0.6 is 11.3 Å². The monoisotopic (exact) mass is 320 g/mol. The van der Waals surface area contributed by atoms with Crippen molar-refractivity contribution in [1.29, 1.82) is 0 Å². The molecule has 2 rings (SSSR count). The molecule has 2 aromatic rings. The molecule has 1 aromatic heterocycles. The molecule has 116 valence electrons. The van der Waals surface area contributed by atoms with Gasteiger partial charge in [-0.2, -0.15) is 0 Å². The number of benzene rings is 1. The zero-order chi connectivity index (χ0) is 16.1. The molecule has 1 heterocycles. The van der Waals surface area contributed by atoms with Gasteiger partial charge in [-0.25, -0.2) is 4.98 Å². The van der Waals surface area contributed by atoms with Gasteiger partial charge < -0.3 is 15.2 Å². The number of amides is 1. The molecule has 0 radical (unpaired) electrons. The highest BCUT2D eigenvalue weighted by molar-refractivity contribution is 7.13. The number of carbonyl (C=O) groups is 2. The smallest absolute Gasteiger partial charge is 0.325 e. The first kappa shape index (κ1) is 16.0. The molecule has 0 aliphatic carbocycles. The number of hydrogen-bond acceptors (Lipinski definition) is 5. The molecule has 1 aromatic carbocycles. The third-order valence-electron chi connectivity index (χ3n) is 2.87. The zero-order valence-corrected chi connectivity index (χ0v) is 13.0. The molecular formula is C15H16N2O4S. The largest absolute Gasteiger partial charge is 0.494 e. The Morgan fingerprint density at radius 3 is 2.64 bits per heavy atom. The van der Waals surface area contributed by atoms with Gasteiger partial charge in [0.2, 0.25) is 0 Å². The Morgan fingerprint density at radius 2 is 2.05 bits per heavy atom. The predicted molar refractivity (Wildman–Crippen MR) is 83.3 cm³/mol. The van der Waals surface area contributed by atoms with Crippen LogP contribution in [0.25, 0.3) is 10.6 Å². The normalized spacial score (nSPS) is 11.7. The number of aromatic nitrogens is 1. The fraction of sp³-hybridized carbons (Fsp3) is 0.267. The highest BCUT2D eigenvalue weighted by Gasteiger charge is 2.17. The summed E-state index contributed by atoms with van der Waals surface area (Å²) < 4.78 is 5.37. The molecule has 1 amide bonds. The van der Waals surface area contributed by atoms with E-state index in [-0.39, 0.29) is 5.69 Å². The molecule has 2 N–H and O–H groups in total. The maximum Gasteiger partial charge on any atom is 0.325 e. The van der Waals surface area contributed by atoms with E-state index >= 15 is 0 Å². The summed E-state index contributed by atoms with van der Waals surface area (Å²) in [5, 5.41) is 13.5. The molecule has 1 atom stereocenters. The van der Waals surface area contributed by atoms with Crippen LogP contribution in [0, 0.1) is 0 Å². The maximum absolute atomic E-state index is 11.9. The van der Waals surface area contributed by atoms with Gasteiger partial charge in [0.25, 0.3) is 5.91 Å². The van der Waals surface area contributed by atoms with Crippen LogP contribution in [-0.2, 0) is 4.79 Å². The Bertz CT molecular complexity index is 666. The molecule has 0 saturated heterocycles. The average Bonchev–Trinajstić information content (AvgIpc) is 2.98. The summed E-state index contributed by atoms with van der Waals surface area (Å²) in [6.45, 7) is 3.92. The number of rotatable bonds is 6. The van der Waals surface area contributed by atoms with E-state index in [9.17, 15) is 9.59 Å². The van der Waals surface area contributed by atoms with Crippen LogP contribution in [0.15, 0.2) is 29.6 Å². The number of aliphatic carboxylic acids is 1. The van der Waals surface area contributed by atoms with Crippen LogP contribution in [0.1, 0.15) is 24.3 Å². The Labute approximate surface area is 131 Å². The zero-order valence-electron chi connectivity index (χ0n) is 12.2.